The van der Waals surface area contributed by atoms with Crippen molar-refractivity contribution in [2.45, 2.75) is 19.5 Å². The van der Waals surface area contributed by atoms with Crippen molar-refractivity contribution in [3.05, 3.63) is 71.0 Å². The molecule has 1 N–H and O–H groups in total. The molecule has 1 unspecified atom stereocenters. The molecule has 1 atom stereocenters. The van der Waals surface area contributed by atoms with Crippen LogP contribution in [0.3, 0.4) is 0 Å². The number of halogens is 1. The smallest absolute Gasteiger partial charge is 0.325 e. The second kappa shape index (κ2) is 8.74. The summed E-state index contributed by atoms with van der Waals surface area (Å²) in [6.07, 6.45) is 0. The van der Waals surface area contributed by atoms with Crippen LogP contribution < -0.4 is 0 Å². The van der Waals surface area contributed by atoms with Crippen LogP contribution in [-0.4, -0.2) is 48.1 Å². The molecule has 134 valence electrons. The predicted octanol–water partition coefficient (Wildman–Crippen LogP) is 3.32. The molecule has 5 heteroatoms. The van der Waals surface area contributed by atoms with E-state index >= 15 is 0 Å². The van der Waals surface area contributed by atoms with Gasteiger partial charge < -0.3 is 10.0 Å². The van der Waals surface area contributed by atoms with E-state index in [1.54, 1.807) is 19.1 Å². The van der Waals surface area contributed by atoms with Gasteiger partial charge >= 0.3 is 5.97 Å². The molecular formula is C20H25FN2O2. The molecule has 0 saturated heterocycles. The number of hydrogen-bond acceptors (Lipinski definition) is 3. The van der Waals surface area contributed by atoms with Crippen molar-refractivity contribution in [3.8, 4) is 0 Å². The highest BCUT2D eigenvalue weighted by Crippen LogP contribution is 2.25. The average Bonchev–Trinajstić information content (AvgIpc) is 2.56. The Morgan fingerprint density at radius 2 is 1.80 bits per heavy atom. The zero-order valence-corrected chi connectivity index (χ0v) is 14.9. The molecule has 0 heterocycles. The first-order valence-electron chi connectivity index (χ1n) is 8.30. The molecule has 0 aliphatic carbocycles. The molecule has 0 saturated carbocycles. The predicted molar refractivity (Wildman–Crippen MR) is 96.9 cm³/mol. The van der Waals surface area contributed by atoms with E-state index in [0.29, 0.717) is 24.2 Å². The van der Waals surface area contributed by atoms with E-state index in [1.807, 2.05) is 54.2 Å². The molecule has 0 aliphatic heterocycles. The largest absolute Gasteiger partial charge is 0.480 e. The number of likely N-dealkylation sites (N-methyl/N-ethyl adjacent to an activating group) is 1. The Kier molecular flexibility index (Phi) is 6.67. The average molecular weight is 344 g/mol. The Morgan fingerprint density at radius 3 is 2.36 bits per heavy atom. The summed E-state index contributed by atoms with van der Waals surface area (Å²) < 4.78 is 13.6. The van der Waals surface area contributed by atoms with Crippen LogP contribution in [-0.2, 0) is 11.3 Å². The third kappa shape index (κ3) is 5.37. The zero-order valence-electron chi connectivity index (χ0n) is 14.9. The van der Waals surface area contributed by atoms with Gasteiger partial charge in [-0.05, 0) is 43.8 Å². The number of nitrogens with zero attached hydrogens (tertiary/aromatic N) is 2. The number of aryl methyl sites for hydroxylation is 1. The van der Waals surface area contributed by atoms with Gasteiger partial charge in [-0.15, -0.1) is 0 Å². The molecule has 0 radical (unpaired) electrons. The molecule has 0 aromatic heterocycles. The van der Waals surface area contributed by atoms with Crippen LogP contribution in [0.2, 0.25) is 0 Å². The van der Waals surface area contributed by atoms with Gasteiger partial charge in [0.1, 0.15) is 11.9 Å². The van der Waals surface area contributed by atoms with Crippen molar-refractivity contribution in [1.29, 1.82) is 0 Å². The number of carboxylic acids is 1. The topological polar surface area (TPSA) is 43.8 Å². The molecule has 25 heavy (non-hydrogen) atoms. The Balaban J connectivity index is 2.34. The van der Waals surface area contributed by atoms with E-state index in [4.69, 9.17) is 0 Å². The number of aliphatic carboxylic acids is 1. The summed E-state index contributed by atoms with van der Waals surface area (Å²) in [4.78, 5) is 16.0. The van der Waals surface area contributed by atoms with E-state index in [9.17, 15) is 14.3 Å². The summed E-state index contributed by atoms with van der Waals surface area (Å²) in [7, 11) is 3.91. The summed E-state index contributed by atoms with van der Waals surface area (Å²) in [6, 6.07) is 13.5. The summed E-state index contributed by atoms with van der Waals surface area (Å²) in [6.45, 7) is 3.49. The van der Waals surface area contributed by atoms with Gasteiger partial charge in [0, 0.05) is 19.6 Å². The van der Waals surface area contributed by atoms with Crippen molar-refractivity contribution in [2.24, 2.45) is 0 Å². The quantitative estimate of drug-likeness (QED) is 0.798. The molecule has 2 aromatic carbocycles. The van der Waals surface area contributed by atoms with Crippen molar-refractivity contribution in [3.63, 3.8) is 0 Å². The van der Waals surface area contributed by atoms with Crippen molar-refractivity contribution in [2.75, 3.05) is 27.2 Å². The first kappa shape index (κ1) is 19.1. The molecule has 4 nitrogen and oxygen atoms in total. The molecule has 2 rings (SSSR count). The van der Waals surface area contributed by atoms with Gasteiger partial charge in [0.25, 0.3) is 0 Å². The van der Waals surface area contributed by atoms with Gasteiger partial charge in [0.05, 0.1) is 0 Å². The molecule has 0 fully saturated rings. The lowest BCUT2D eigenvalue weighted by atomic mass is 10.0. The Bertz CT molecular complexity index is 704. The fourth-order valence-corrected chi connectivity index (χ4v) is 2.79. The number of benzene rings is 2. The lowest BCUT2D eigenvalue weighted by Crippen LogP contribution is -2.38. The monoisotopic (exact) mass is 344 g/mol. The van der Waals surface area contributed by atoms with Crippen molar-refractivity contribution in [1.82, 2.24) is 9.80 Å². The fraction of sp³-hybridized carbons (Fsp3) is 0.350. The van der Waals surface area contributed by atoms with Crippen LogP contribution in [0.25, 0.3) is 0 Å². The Morgan fingerprint density at radius 1 is 1.12 bits per heavy atom. The molecule has 0 spiro atoms. The second-order valence-electron chi connectivity index (χ2n) is 6.51. The van der Waals surface area contributed by atoms with Gasteiger partial charge in [-0.3, -0.25) is 9.69 Å². The van der Waals surface area contributed by atoms with Crippen molar-refractivity contribution < 1.29 is 14.3 Å². The number of carbonyl (C=O) groups is 1. The summed E-state index contributed by atoms with van der Waals surface area (Å²) in [5.74, 6) is -1.25. The van der Waals surface area contributed by atoms with E-state index in [0.717, 1.165) is 12.1 Å². The molecule has 0 aliphatic rings. The van der Waals surface area contributed by atoms with Crippen LogP contribution in [0.4, 0.5) is 4.39 Å². The minimum Gasteiger partial charge on any atom is -0.480 e. The van der Waals surface area contributed by atoms with E-state index < -0.39 is 12.0 Å². The third-order valence-electron chi connectivity index (χ3n) is 4.16. The van der Waals surface area contributed by atoms with Crippen LogP contribution in [0.1, 0.15) is 22.7 Å². The lowest BCUT2D eigenvalue weighted by molar-refractivity contribution is -0.144. The first-order chi connectivity index (χ1) is 11.9. The molecule has 0 bridgehead atoms. The lowest BCUT2D eigenvalue weighted by Gasteiger charge is -2.30. The summed E-state index contributed by atoms with van der Waals surface area (Å²) in [5.41, 5.74) is 2.10. The highest BCUT2D eigenvalue weighted by Gasteiger charge is 2.28. The maximum Gasteiger partial charge on any atom is 0.325 e. The minimum atomic E-state index is -0.930. The third-order valence-corrected chi connectivity index (χ3v) is 4.16. The van der Waals surface area contributed by atoms with E-state index in [1.165, 1.54) is 6.07 Å². The maximum absolute atomic E-state index is 13.6. The van der Waals surface area contributed by atoms with Crippen LogP contribution in [0, 0.1) is 12.7 Å². The van der Waals surface area contributed by atoms with Gasteiger partial charge in [-0.25, -0.2) is 4.39 Å². The standard InChI is InChI=1S/C20H25FN2O2/c1-15-13-17(9-10-18(15)21)19(20(24)25)23(12-11-22(2)3)14-16-7-5-4-6-8-16/h4-10,13,19H,11-12,14H2,1-3H3,(H,24,25). The Hall–Kier alpha value is -2.24. The first-order valence-corrected chi connectivity index (χ1v) is 8.30. The van der Waals surface area contributed by atoms with Crippen LogP contribution in [0.5, 0.6) is 0 Å². The number of hydrogen-bond donors (Lipinski definition) is 1. The summed E-state index contributed by atoms with van der Waals surface area (Å²) >= 11 is 0. The highest BCUT2D eigenvalue weighted by molar-refractivity contribution is 5.75. The van der Waals surface area contributed by atoms with Gasteiger partial charge in [-0.2, -0.15) is 0 Å². The van der Waals surface area contributed by atoms with E-state index in [-0.39, 0.29) is 5.82 Å². The van der Waals surface area contributed by atoms with Crippen LogP contribution >= 0.6 is 0 Å². The fourth-order valence-electron chi connectivity index (χ4n) is 2.79. The molecular weight excluding hydrogens is 319 g/mol. The normalized spacial score (nSPS) is 12.6. The van der Waals surface area contributed by atoms with E-state index in [2.05, 4.69) is 0 Å². The van der Waals surface area contributed by atoms with Crippen LogP contribution in [0.15, 0.2) is 48.5 Å². The number of carboxylic acid groups (broad SMARTS) is 1. The minimum absolute atomic E-state index is 0.323. The van der Waals surface area contributed by atoms with Gasteiger partial charge in [0.2, 0.25) is 0 Å². The van der Waals surface area contributed by atoms with Gasteiger partial charge in [0.15, 0.2) is 0 Å². The zero-order chi connectivity index (χ0) is 18.4. The molecule has 0 amide bonds. The summed E-state index contributed by atoms with van der Waals surface area (Å²) in [5, 5.41) is 9.85. The molecule has 2 aromatic rings. The van der Waals surface area contributed by atoms with Gasteiger partial charge in [-0.1, -0.05) is 42.5 Å². The highest BCUT2D eigenvalue weighted by atomic mass is 19.1. The Labute approximate surface area is 148 Å². The number of rotatable bonds is 8. The SMILES string of the molecule is Cc1cc(C(C(=O)O)N(CCN(C)C)Cc2ccccc2)ccc1F. The van der Waals surface area contributed by atoms with Crippen molar-refractivity contribution >= 4 is 5.97 Å². The maximum atomic E-state index is 13.6. The second-order valence-corrected chi connectivity index (χ2v) is 6.51.